The molecule has 0 unspecified atom stereocenters. The summed E-state index contributed by atoms with van der Waals surface area (Å²) in [5.41, 5.74) is 3.22. The van der Waals surface area contributed by atoms with Crippen molar-refractivity contribution in [3.8, 4) is 0 Å². The number of imidazole rings is 1. The van der Waals surface area contributed by atoms with Crippen molar-refractivity contribution in [2.24, 2.45) is 0 Å². The lowest BCUT2D eigenvalue weighted by Crippen LogP contribution is -2.20. The summed E-state index contributed by atoms with van der Waals surface area (Å²) < 4.78 is 1.72. The Kier molecular flexibility index (Phi) is 3.66. The molecule has 0 aliphatic heterocycles. The molecule has 0 fully saturated rings. The first-order chi connectivity index (χ1) is 10.6. The molecule has 2 aromatic rings. The molecule has 1 aromatic carbocycles. The Morgan fingerprint density at radius 1 is 1.41 bits per heavy atom. The number of hydrogen-bond donors (Lipinski definition) is 2. The summed E-state index contributed by atoms with van der Waals surface area (Å²) in [4.78, 5) is 26.4. The Balaban J connectivity index is 1.99. The highest BCUT2D eigenvalue weighted by Gasteiger charge is 2.25. The number of anilines is 1. The van der Waals surface area contributed by atoms with Crippen LogP contribution in [0.1, 0.15) is 47.4 Å². The normalized spacial score (nSPS) is 16.9. The number of aromatic carboxylic acids is 1. The minimum Gasteiger partial charge on any atom is -0.477 e. The number of carboxylic acid groups (broad SMARTS) is 1. The third kappa shape index (κ3) is 2.59. The fraction of sp³-hybridized carbons (Fsp3) is 0.312. The summed E-state index contributed by atoms with van der Waals surface area (Å²) in [7, 11) is 0. The summed E-state index contributed by atoms with van der Waals surface area (Å²) in [5, 5.41) is 12.1. The first-order valence-corrected chi connectivity index (χ1v) is 7.22. The standard InChI is InChI=1S/C16H17N3O3/c1-10(20)18-12-5-6-13-11(7-12)3-2-4-14(13)19-9-17-8-15(19)16(21)22/h5-9,14H,2-4H2,1H3,(H,18,20)(H,21,22)/t14-/m0/s1. The van der Waals surface area contributed by atoms with Gasteiger partial charge in [-0.05, 0) is 42.5 Å². The van der Waals surface area contributed by atoms with Gasteiger partial charge in [0.15, 0.2) is 0 Å². The maximum absolute atomic E-state index is 11.3. The van der Waals surface area contributed by atoms with E-state index in [0.717, 1.165) is 36.1 Å². The maximum Gasteiger partial charge on any atom is 0.354 e. The summed E-state index contributed by atoms with van der Waals surface area (Å²) >= 11 is 0. The number of carboxylic acids is 1. The predicted molar refractivity (Wildman–Crippen MR) is 81.0 cm³/mol. The number of carbonyl (C=O) groups is 2. The van der Waals surface area contributed by atoms with Crippen LogP contribution in [0.25, 0.3) is 0 Å². The molecule has 6 nitrogen and oxygen atoms in total. The molecule has 114 valence electrons. The predicted octanol–water partition coefficient (Wildman–Crippen LogP) is 2.47. The zero-order chi connectivity index (χ0) is 15.7. The van der Waals surface area contributed by atoms with Crippen molar-refractivity contribution in [1.82, 2.24) is 9.55 Å². The van der Waals surface area contributed by atoms with Crippen LogP contribution in [0.5, 0.6) is 0 Å². The fourth-order valence-electron chi connectivity index (χ4n) is 3.08. The third-order valence-corrected chi connectivity index (χ3v) is 3.97. The van der Waals surface area contributed by atoms with Crippen LogP contribution in [0.3, 0.4) is 0 Å². The van der Waals surface area contributed by atoms with Gasteiger partial charge in [0.2, 0.25) is 5.91 Å². The summed E-state index contributed by atoms with van der Waals surface area (Å²) in [6, 6.07) is 5.77. The number of nitrogens with one attached hydrogen (secondary N) is 1. The largest absolute Gasteiger partial charge is 0.477 e. The Morgan fingerprint density at radius 2 is 2.23 bits per heavy atom. The highest BCUT2D eigenvalue weighted by molar-refractivity contribution is 5.88. The molecular formula is C16H17N3O3. The molecule has 2 N–H and O–H groups in total. The van der Waals surface area contributed by atoms with Gasteiger partial charge in [-0.1, -0.05) is 6.07 Å². The van der Waals surface area contributed by atoms with Gasteiger partial charge in [-0.25, -0.2) is 9.78 Å². The van der Waals surface area contributed by atoms with E-state index in [0.29, 0.717) is 0 Å². The van der Waals surface area contributed by atoms with Gasteiger partial charge in [-0.3, -0.25) is 4.79 Å². The molecule has 0 radical (unpaired) electrons. The first-order valence-electron chi connectivity index (χ1n) is 7.22. The number of rotatable bonds is 3. The lowest BCUT2D eigenvalue weighted by atomic mass is 9.87. The van der Waals surface area contributed by atoms with Crippen molar-refractivity contribution in [3.05, 3.63) is 47.5 Å². The van der Waals surface area contributed by atoms with E-state index in [1.807, 2.05) is 18.2 Å². The number of fused-ring (bicyclic) bond motifs is 1. The first kappa shape index (κ1) is 14.3. The molecule has 1 atom stereocenters. The Hall–Kier alpha value is -2.63. The van der Waals surface area contributed by atoms with Crippen molar-refractivity contribution >= 4 is 17.6 Å². The zero-order valence-electron chi connectivity index (χ0n) is 12.2. The molecule has 6 heteroatoms. The molecule has 1 heterocycles. The lowest BCUT2D eigenvalue weighted by molar-refractivity contribution is -0.114. The quantitative estimate of drug-likeness (QED) is 0.912. The maximum atomic E-state index is 11.3. The van der Waals surface area contributed by atoms with Crippen LogP contribution in [0.4, 0.5) is 5.69 Å². The highest BCUT2D eigenvalue weighted by atomic mass is 16.4. The van der Waals surface area contributed by atoms with E-state index < -0.39 is 5.97 Å². The molecule has 0 saturated carbocycles. The number of hydrogen-bond acceptors (Lipinski definition) is 3. The number of nitrogens with zero attached hydrogens (tertiary/aromatic N) is 2. The van der Waals surface area contributed by atoms with Gasteiger partial charge in [0, 0.05) is 12.6 Å². The number of carbonyl (C=O) groups excluding carboxylic acids is 1. The van der Waals surface area contributed by atoms with Crippen LogP contribution in [0, 0.1) is 0 Å². The van der Waals surface area contributed by atoms with Crippen molar-refractivity contribution in [1.29, 1.82) is 0 Å². The van der Waals surface area contributed by atoms with Gasteiger partial charge in [-0.15, -0.1) is 0 Å². The van der Waals surface area contributed by atoms with Crippen LogP contribution >= 0.6 is 0 Å². The van der Waals surface area contributed by atoms with Crippen LogP contribution in [-0.4, -0.2) is 26.5 Å². The van der Waals surface area contributed by atoms with Crippen LogP contribution in [-0.2, 0) is 11.2 Å². The summed E-state index contributed by atoms with van der Waals surface area (Å²) in [5.74, 6) is -1.07. The van der Waals surface area contributed by atoms with E-state index in [2.05, 4.69) is 10.3 Å². The second-order valence-corrected chi connectivity index (χ2v) is 5.49. The number of aryl methyl sites for hydroxylation is 1. The van der Waals surface area contributed by atoms with E-state index in [9.17, 15) is 14.7 Å². The fourth-order valence-corrected chi connectivity index (χ4v) is 3.08. The zero-order valence-corrected chi connectivity index (χ0v) is 12.2. The smallest absolute Gasteiger partial charge is 0.354 e. The third-order valence-electron chi connectivity index (χ3n) is 3.97. The minimum absolute atomic E-state index is 0.0243. The Morgan fingerprint density at radius 3 is 2.95 bits per heavy atom. The Bertz CT molecular complexity index is 736. The van der Waals surface area contributed by atoms with Crippen molar-refractivity contribution in [2.75, 3.05) is 5.32 Å². The summed E-state index contributed by atoms with van der Waals surface area (Å²) in [6.45, 7) is 1.48. The van der Waals surface area contributed by atoms with Gasteiger partial charge >= 0.3 is 5.97 Å². The number of amides is 1. The molecule has 1 aliphatic carbocycles. The molecule has 22 heavy (non-hydrogen) atoms. The average molecular weight is 299 g/mol. The van der Waals surface area contributed by atoms with Crippen LogP contribution < -0.4 is 5.32 Å². The minimum atomic E-state index is -0.973. The molecule has 0 spiro atoms. The van der Waals surface area contributed by atoms with Crippen LogP contribution in [0.15, 0.2) is 30.7 Å². The molecule has 0 saturated heterocycles. The molecule has 0 bridgehead atoms. The molecule has 1 aromatic heterocycles. The van der Waals surface area contributed by atoms with E-state index in [1.165, 1.54) is 13.1 Å². The number of benzene rings is 1. The van der Waals surface area contributed by atoms with Gasteiger partial charge in [0.1, 0.15) is 5.69 Å². The molecule has 1 aliphatic rings. The Labute approximate surface area is 127 Å². The number of aromatic nitrogens is 2. The highest BCUT2D eigenvalue weighted by Crippen LogP contribution is 2.35. The van der Waals surface area contributed by atoms with Gasteiger partial charge < -0.3 is 15.0 Å². The molecule has 3 rings (SSSR count). The van der Waals surface area contributed by atoms with E-state index in [4.69, 9.17) is 0 Å². The van der Waals surface area contributed by atoms with Crippen molar-refractivity contribution < 1.29 is 14.7 Å². The average Bonchev–Trinajstić information content (AvgIpc) is 2.95. The second kappa shape index (κ2) is 5.63. The van der Waals surface area contributed by atoms with E-state index in [1.54, 1.807) is 10.9 Å². The van der Waals surface area contributed by atoms with E-state index in [-0.39, 0.29) is 17.6 Å². The molecular weight excluding hydrogens is 282 g/mol. The lowest BCUT2D eigenvalue weighted by Gasteiger charge is -2.28. The van der Waals surface area contributed by atoms with Gasteiger partial charge in [-0.2, -0.15) is 0 Å². The van der Waals surface area contributed by atoms with Gasteiger partial charge in [0.25, 0.3) is 0 Å². The van der Waals surface area contributed by atoms with Crippen LogP contribution in [0.2, 0.25) is 0 Å². The summed E-state index contributed by atoms with van der Waals surface area (Å²) in [6.07, 6.45) is 5.73. The SMILES string of the molecule is CC(=O)Nc1ccc2c(c1)CCC[C@@H]2n1cncc1C(=O)O. The monoisotopic (exact) mass is 299 g/mol. The topological polar surface area (TPSA) is 84.2 Å². The van der Waals surface area contributed by atoms with Gasteiger partial charge in [0.05, 0.1) is 18.6 Å². The van der Waals surface area contributed by atoms with Crippen molar-refractivity contribution in [3.63, 3.8) is 0 Å². The molecule has 1 amide bonds. The van der Waals surface area contributed by atoms with E-state index >= 15 is 0 Å². The van der Waals surface area contributed by atoms with Crippen molar-refractivity contribution in [2.45, 2.75) is 32.2 Å². The second-order valence-electron chi connectivity index (χ2n) is 5.49.